The molecule has 2 unspecified atom stereocenters. The molecule has 14 heteroatoms. The molecule has 0 radical (unpaired) electrons. The smallest absolute Gasteiger partial charge is 0.262 e. The van der Waals surface area contributed by atoms with E-state index in [0.717, 1.165) is 53.4 Å². The van der Waals surface area contributed by atoms with E-state index in [1.807, 2.05) is 6.07 Å². The van der Waals surface area contributed by atoms with Crippen molar-refractivity contribution >= 4 is 47.3 Å². The molecule has 2 saturated heterocycles. The van der Waals surface area contributed by atoms with Crippen molar-refractivity contribution in [3.63, 3.8) is 0 Å². The Balaban J connectivity index is 0.000000187. The Hall–Kier alpha value is -5.11. The van der Waals surface area contributed by atoms with Crippen molar-refractivity contribution in [1.82, 2.24) is 20.4 Å². The van der Waals surface area contributed by atoms with Crippen LogP contribution in [0.2, 0.25) is 0 Å². The summed E-state index contributed by atoms with van der Waals surface area (Å²) in [7, 11) is 0. The number of nitrogens with one attached hydrogen (secondary N) is 2. The van der Waals surface area contributed by atoms with Crippen LogP contribution in [0.25, 0.3) is 0 Å². The highest BCUT2D eigenvalue weighted by Crippen LogP contribution is 2.29. The Kier molecular flexibility index (Phi) is 9.46. The SMILES string of the molecule is CCCOCCCc1ccc2c(c1)C(=O)N(C1CCC(=O)NC1=O)C2=O.O=C1CCC(N2C(=O)c3ccc(F)cc3C2=O)C(=O)N1. The molecule has 2 fully saturated rings. The van der Waals surface area contributed by atoms with Gasteiger partial charge in [0.05, 0.1) is 22.3 Å². The van der Waals surface area contributed by atoms with Crippen molar-refractivity contribution in [2.75, 3.05) is 13.2 Å². The molecule has 2 N–H and O–H groups in total. The number of aryl methyl sites for hydroxylation is 1. The summed E-state index contributed by atoms with van der Waals surface area (Å²) >= 11 is 0. The lowest BCUT2D eigenvalue weighted by molar-refractivity contribution is -0.137. The highest BCUT2D eigenvalue weighted by atomic mass is 19.1. The van der Waals surface area contributed by atoms with Crippen LogP contribution in [0.4, 0.5) is 4.39 Å². The van der Waals surface area contributed by atoms with E-state index < -0.39 is 59.3 Å². The third-order valence-corrected chi connectivity index (χ3v) is 8.01. The molecule has 46 heavy (non-hydrogen) atoms. The minimum Gasteiger partial charge on any atom is -0.381 e. The van der Waals surface area contributed by atoms with Crippen molar-refractivity contribution < 1.29 is 47.5 Å². The maximum Gasteiger partial charge on any atom is 0.262 e. The molecule has 2 aromatic rings. The van der Waals surface area contributed by atoms with Crippen molar-refractivity contribution in [3.05, 3.63) is 70.0 Å². The Morgan fingerprint density at radius 3 is 1.72 bits per heavy atom. The number of hydrogen-bond donors (Lipinski definition) is 2. The minimum atomic E-state index is -1.02. The third-order valence-electron chi connectivity index (χ3n) is 8.01. The summed E-state index contributed by atoms with van der Waals surface area (Å²) in [5.74, 6) is -5.01. The number of rotatable bonds is 8. The van der Waals surface area contributed by atoms with Gasteiger partial charge in [-0.25, -0.2) is 4.39 Å². The number of carbonyl (C=O) groups is 8. The van der Waals surface area contributed by atoms with Crippen LogP contribution in [0.5, 0.6) is 0 Å². The van der Waals surface area contributed by atoms with E-state index in [1.165, 1.54) is 6.07 Å². The average Bonchev–Trinajstić information content (AvgIpc) is 3.41. The zero-order valence-corrected chi connectivity index (χ0v) is 24.9. The molecule has 6 rings (SSSR count). The predicted octanol–water partition coefficient (Wildman–Crippen LogP) is 1.67. The number of piperidine rings is 2. The first kappa shape index (κ1) is 32.3. The molecule has 4 heterocycles. The second kappa shape index (κ2) is 13.5. The van der Waals surface area contributed by atoms with E-state index in [-0.39, 0.29) is 42.7 Å². The van der Waals surface area contributed by atoms with E-state index in [9.17, 15) is 42.7 Å². The molecule has 0 aromatic heterocycles. The molecule has 4 aliphatic heterocycles. The van der Waals surface area contributed by atoms with Crippen molar-refractivity contribution in [2.24, 2.45) is 0 Å². The first-order chi connectivity index (χ1) is 22.0. The molecule has 0 spiro atoms. The van der Waals surface area contributed by atoms with Crippen LogP contribution in [-0.2, 0) is 30.3 Å². The fourth-order valence-electron chi connectivity index (χ4n) is 5.74. The fourth-order valence-corrected chi connectivity index (χ4v) is 5.74. The number of ether oxygens (including phenoxy) is 1. The normalized spacial score (nSPS) is 20.7. The maximum atomic E-state index is 13.2. The number of imide groups is 4. The van der Waals surface area contributed by atoms with Crippen LogP contribution in [0.1, 0.15) is 92.4 Å². The number of nitrogens with zero attached hydrogens (tertiary/aromatic N) is 2. The van der Waals surface area contributed by atoms with Gasteiger partial charge in [0.2, 0.25) is 23.6 Å². The monoisotopic (exact) mass is 634 g/mol. The minimum absolute atomic E-state index is 0.0537. The van der Waals surface area contributed by atoms with Gasteiger partial charge >= 0.3 is 0 Å². The molecular weight excluding hydrogens is 603 g/mol. The van der Waals surface area contributed by atoms with Gasteiger partial charge in [0.15, 0.2) is 0 Å². The summed E-state index contributed by atoms with van der Waals surface area (Å²) in [6, 6.07) is 6.52. The number of fused-ring (bicyclic) bond motifs is 2. The maximum absolute atomic E-state index is 13.2. The molecule has 13 nitrogen and oxygen atoms in total. The second-order valence-corrected chi connectivity index (χ2v) is 11.2. The van der Waals surface area contributed by atoms with E-state index >= 15 is 0 Å². The van der Waals surface area contributed by atoms with Crippen LogP contribution in [-0.4, -0.2) is 82.4 Å². The predicted molar refractivity (Wildman–Crippen MR) is 156 cm³/mol. The summed E-state index contributed by atoms with van der Waals surface area (Å²) < 4.78 is 18.6. The Morgan fingerprint density at radius 1 is 0.696 bits per heavy atom. The van der Waals surface area contributed by atoms with Gasteiger partial charge in [0.25, 0.3) is 23.6 Å². The molecule has 8 amide bonds. The van der Waals surface area contributed by atoms with Crippen molar-refractivity contribution in [3.8, 4) is 0 Å². The van der Waals surface area contributed by atoms with Crippen LogP contribution in [0.15, 0.2) is 36.4 Å². The second-order valence-electron chi connectivity index (χ2n) is 11.2. The van der Waals surface area contributed by atoms with Crippen molar-refractivity contribution in [2.45, 2.75) is 64.0 Å². The highest BCUT2D eigenvalue weighted by Gasteiger charge is 2.46. The summed E-state index contributed by atoms with van der Waals surface area (Å²) in [6.45, 7) is 3.44. The topological polar surface area (TPSA) is 176 Å². The van der Waals surface area contributed by atoms with Crippen LogP contribution in [0, 0.1) is 5.82 Å². The van der Waals surface area contributed by atoms with Crippen LogP contribution < -0.4 is 10.6 Å². The van der Waals surface area contributed by atoms with E-state index in [2.05, 4.69) is 17.6 Å². The Morgan fingerprint density at radius 2 is 1.20 bits per heavy atom. The molecule has 0 saturated carbocycles. The van der Waals surface area contributed by atoms with E-state index in [0.29, 0.717) is 17.7 Å². The number of amides is 8. The quantitative estimate of drug-likeness (QED) is 0.323. The lowest BCUT2D eigenvalue weighted by atomic mass is 10.0. The first-order valence-corrected chi connectivity index (χ1v) is 14.9. The van der Waals surface area contributed by atoms with Gasteiger partial charge in [0.1, 0.15) is 17.9 Å². The van der Waals surface area contributed by atoms with Gasteiger partial charge in [-0.3, -0.25) is 58.8 Å². The van der Waals surface area contributed by atoms with Gasteiger partial charge in [0, 0.05) is 26.1 Å². The zero-order valence-electron chi connectivity index (χ0n) is 24.9. The molecule has 2 aromatic carbocycles. The van der Waals surface area contributed by atoms with Crippen molar-refractivity contribution in [1.29, 1.82) is 0 Å². The standard InChI is InChI=1S/C19H22N2O5.C13H9FN2O4/c1-2-9-26-10-3-4-12-5-6-13-14(11-12)19(25)21(18(13)24)15-7-8-16(22)20-17(15)23;14-6-1-2-7-8(5-6)13(20)16(12(7)19)9-3-4-10(17)15-11(9)18/h5-6,11,15H,2-4,7-10H2,1H3,(H,20,22,23);1-2,5,9H,3-4H2,(H,15,17,18). The van der Waals surface area contributed by atoms with Gasteiger partial charge in [-0.15, -0.1) is 0 Å². The average molecular weight is 635 g/mol. The third kappa shape index (κ3) is 6.33. The van der Waals surface area contributed by atoms with E-state index in [1.54, 1.807) is 12.1 Å². The van der Waals surface area contributed by atoms with Gasteiger partial charge in [-0.1, -0.05) is 13.0 Å². The first-order valence-electron chi connectivity index (χ1n) is 14.9. The molecule has 0 aliphatic carbocycles. The molecule has 240 valence electrons. The van der Waals surface area contributed by atoms with E-state index in [4.69, 9.17) is 4.74 Å². The molecule has 0 bridgehead atoms. The van der Waals surface area contributed by atoms with Gasteiger partial charge < -0.3 is 4.74 Å². The molecule has 2 atom stereocenters. The fraction of sp³-hybridized carbons (Fsp3) is 0.375. The number of carbonyl (C=O) groups excluding carboxylic acids is 8. The number of benzene rings is 2. The van der Waals surface area contributed by atoms with Crippen LogP contribution in [0.3, 0.4) is 0 Å². The largest absolute Gasteiger partial charge is 0.381 e. The van der Waals surface area contributed by atoms with Gasteiger partial charge in [-0.05, 0) is 68.0 Å². The zero-order chi connectivity index (χ0) is 33.1. The summed E-state index contributed by atoms with van der Waals surface area (Å²) in [4.78, 5) is 97.6. The summed E-state index contributed by atoms with van der Waals surface area (Å²) in [5, 5.41) is 4.28. The van der Waals surface area contributed by atoms with Crippen LogP contribution >= 0.6 is 0 Å². The molecule has 4 aliphatic rings. The lowest BCUT2D eigenvalue weighted by Crippen LogP contribution is -2.54. The Labute approximate surface area is 262 Å². The number of hydrogen-bond acceptors (Lipinski definition) is 9. The molecular formula is C32H31FN4O9. The summed E-state index contributed by atoms with van der Waals surface area (Å²) in [6.07, 6.45) is 2.97. The number of halogens is 1. The lowest BCUT2D eigenvalue weighted by Gasteiger charge is -2.27. The highest BCUT2D eigenvalue weighted by molar-refractivity contribution is 6.24. The van der Waals surface area contributed by atoms with Gasteiger partial charge in [-0.2, -0.15) is 0 Å². The summed E-state index contributed by atoms with van der Waals surface area (Å²) in [5.41, 5.74) is 1.60. The Bertz CT molecular complexity index is 1670.